The van der Waals surface area contributed by atoms with Gasteiger partial charge in [-0.2, -0.15) is 0 Å². The Hall–Kier alpha value is -0.950. The van der Waals surface area contributed by atoms with Gasteiger partial charge in [0.25, 0.3) is 0 Å². The van der Waals surface area contributed by atoms with E-state index in [1.807, 2.05) is 0 Å². The van der Waals surface area contributed by atoms with Crippen LogP contribution >= 0.6 is 11.3 Å². The van der Waals surface area contributed by atoms with Crippen LogP contribution in [0.4, 0.5) is 0 Å². The standard InChI is InChI=1S/C9H11NO4S2/c1-2-16(13,14)9(3-4-9)8-10-6(5-15-8)7(11)12/h5H,2-4H2,1H3,(H,11,12). The predicted octanol–water partition coefficient (Wildman–Crippen LogP) is 1.27. The summed E-state index contributed by atoms with van der Waals surface area (Å²) in [6.45, 7) is 1.60. The minimum absolute atomic E-state index is 0.0645. The van der Waals surface area contributed by atoms with Crippen LogP contribution in [0.25, 0.3) is 0 Å². The number of hydrogen-bond donors (Lipinski definition) is 1. The van der Waals surface area contributed by atoms with Crippen LogP contribution in [-0.2, 0) is 14.6 Å². The summed E-state index contributed by atoms with van der Waals surface area (Å²) in [7, 11) is -3.20. The third-order valence-corrected chi connectivity index (χ3v) is 6.52. The lowest BCUT2D eigenvalue weighted by atomic mass is 10.4. The highest BCUT2D eigenvalue weighted by molar-refractivity contribution is 7.92. The molecule has 1 saturated carbocycles. The van der Waals surface area contributed by atoms with Gasteiger partial charge in [-0.05, 0) is 12.8 Å². The number of thiazole rings is 1. The maximum Gasteiger partial charge on any atom is 0.355 e. The van der Waals surface area contributed by atoms with E-state index in [-0.39, 0.29) is 11.4 Å². The van der Waals surface area contributed by atoms with Gasteiger partial charge in [0.15, 0.2) is 15.5 Å². The summed E-state index contributed by atoms with van der Waals surface area (Å²) >= 11 is 1.12. The van der Waals surface area contributed by atoms with Gasteiger partial charge in [-0.1, -0.05) is 6.92 Å². The Morgan fingerprint density at radius 1 is 1.62 bits per heavy atom. The van der Waals surface area contributed by atoms with Gasteiger partial charge in [-0.25, -0.2) is 18.2 Å². The van der Waals surface area contributed by atoms with Crippen molar-refractivity contribution in [2.45, 2.75) is 24.5 Å². The van der Waals surface area contributed by atoms with Gasteiger partial charge < -0.3 is 5.11 Å². The van der Waals surface area contributed by atoms with Gasteiger partial charge in [0.05, 0.1) is 0 Å². The fraction of sp³-hybridized carbons (Fsp3) is 0.556. The largest absolute Gasteiger partial charge is 0.476 e. The lowest BCUT2D eigenvalue weighted by molar-refractivity contribution is 0.0691. The Morgan fingerprint density at radius 3 is 2.62 bits per heavy atom. The van der Waals surface area contributed by atoms with Gasteiger partial charge in [-0.15, -0.1) is 11.3 Å². The Bertz CT molecular complexity index is 527. The molecule has 1 fully saturated rings. The zero-order valence-corrected chi connectivity index (χ0v) is 10.3. The lowest BCUT2D eigenvalue weighted by Gasteiger charge is -2.11. The Labute approximate surface area is 97.1 Å². The van der Waals surface area contributed by atoms with E-state index in [4.69, 9.17) is 5.11 Å². The molecule has 0 bridgehead atoms. The SMILES string of the molecule is CCS(=O)(=O)C1(c2nc(C(=O)O)cs2)CC1. The molecule has 16 heavy (non-hydrogen) atoms. The van der Waals surface area contributed by atoms with Crippen LogP contribution in [-0.4, -0.2) is 30.2 Å². The summed E-state index contributed by atoms with van der Waals surface area (Å²) in [5, 5.41) is 10.6. The van der Waals surface area contributed by atoms with Crippen molar-refractivity contribution in [1.82, 2.24) is 4.98 Å². The zero-order chi connectivity index (χ0) is 12.0. The number of aromatic carboxylic acids is 1. The van der Waals surface area contributed by atoms with E-state index in [2.05, 4.69) is 4.98 Å². The smallest absolute Gasteiger partial charge is 0.355 e. The average Bonchev–Trinajstić information content (AvgIpc) is 2.90. The van der Waals surface area contributed by atoms with Crippen LogP contribution in [0.1, 0.15) is 35.3 Å². The fourth-order valence-corrected chi connectivity index (χ4v) is 4.69. The predicted molar refractivity (Wildman–Crippen MR) is 59.4 cm³/mol. The third kappa shape index (κ3) is 1.54. The van der Waals surface area contributed by atoms with Crippen LogP contribution in [0.3, 0.4) is 0 Å². The second kappa shape index (κ2) is 3.53. The molecule has 0 unspecified atom stereocenters. The molecule has 0 saturated heterocycles. The van der Waals surface area contributed by atoms with Crippen LogP contribution in [0.2, 0.25) is 0 Å². The van der Waals surface area contributed by atoms with E-state index in [1.165, 1.54) is 5.38 Å². The van der Waals surface area contributed by atoms with Crippen molar-refractivity contribution in [2.75, 3.05) is 5.75 Å². The average molecular weight is 261 g/mol. The number of nitrogens with zero attached hydrogens (tertiary/aromatic N) is 1. The van der Waals surface area contributed by atoms with Gasteiger partial charge in [-0.3, -0.25) is 0 Å². The molecule has 1 aliphatic carbocycles. The maximum absolute atomic E-state index is 11.9. The molecule has 0 amide bonds. The molecule has 0 aromatic carbocycles. The van der Waals surface area contributed by atoms with E-state index >= 15 is 0 Å². The second-order valence-corrected chi connectivity index (χ2v) is 7.19. The third-order valence-electron chi connectivity index (χ3n) is 2.79. The van der Waals surface area contributed by atoms with Crippen LogP contribution in [0.5, 0.6) is 0 Å². The van der Waals surface area contributed by atoms with E-state index in [1.54, 1.807) is 6.92 Å². The Kier molecular flexibility index (Phi) is 2.54. The summed E-state index contributed by atoms with van der Waals surface area (Å²) in [5.74, 6) is -1.05. The van der Waals surface area contributed by atoms with Crippen LogP contribution in [0.15, 0.2) is 5.38 Å². The highest BCUT2D eigenvalue weighted by Crippen LogP contribution is 2.53. The highest BCUT2D eigenvalue weighted by Gasteiger charge is 2.57. The molecule has 0 spiro atoms. The van der Waals surface area contributed by atoms with Crippen molar-refractivity contribution in [3.63, 3.8) is 0 Å². The van der Waals surface area contributed by atoms with E-state index in [0.717, 1.165) is 11.3 Å². The number of carboxylic acids is 1. The Morgan fingerprint density at radius 2 is 2.25 bits per heavy atom. The molecule has 5 nitrogen and oxygen atoms in total. The maximum atomic E-state index is 11.9. The second-order valence-electron chi connectivity index (χ2n) is 3.74. The topological polar surface area (TPSA) is 84.3 Å². The van der Waals surface area contributed by atoms with Gasteiger partial charge >= 0.3 is 5.97 Å². The minimum atomic E-state index is -3.20. The first-order valence-corrected chi connectivity index (χ1v) is 7.38. The first-order chi connectivity index (χ1) is 7.43. The summed E-state index contributed by atoms with van der Waals surface area (Å²) in [4.78, 5) is 14.6. The molecule has 1 N–H and O–H groups in total. The van der Waals surface area contributed by atoms with Gasteiger partial charge in [0.2, 0.25) is 0 Å². The summed E-state index contributed by atoms with van der Waals surface area (Å²) in [6, 6.07) is 0. The molecule has 1 aromatic rings. The first-order valence-electron chi connectivity index (χ1n) is 4.84. The van der Waals surface area contributed by atoms with Crippen molar-refractivity contribution in [3.8, 4) is 0 Å². The number of carboxylic acid groups (broad SMARTS) is 1. The molecular weight excluding hydrogens is 250 g/mol. The zero-order valence-electron chi connectivity index (χ0n) is 8.63. The van der Waals surface area contributed by atoms with Crippen molar-refractivity contribution >= 4 is 27.1 Å². The summed E-state index contributed by atoms with van der Waals surface area (Å²) < 4.78 is 22.9. The number of hydrogen-bond acceptors (Lipinski definition) is 5. The van der Waals surface area contributed by atoms with Crippen molar-refractivity contribution in [1.29, 1.82) is 0 Å². The molecule has 0 atom stereocenters. The molecule has 1 aliphatic rings. The molecule has 1 aromatic heterocycles. The molecule has 1 heterocycles. The molecule has 88 valence electrons. The normalized spacial score (nSPS) is 18.3. The van der Waals surface area contributed by atoms with Crippen LogP contribution < -0.4 is 0 Å². The number of aromatic nitrogens is 1. The number of sulfone groups is 1. The quantitative estimate of drug-likeness (QED) is 0.882. The first kappa shape index (κ1) is 11.5. The minimum Gasteiger partial charge on any atom is -0.476 e. The fourth-order valence-electron chi connectivity index (χ4n) is 1.63. The van der Waals surface area contributed by atoms with E-state index < -0.39 is 20.6 Å². The monoisotopic (exact) mass is 261 g/mol. The molecule has 0 radical (unpaired) electrons. The van der Waals surface area contributed by atoms with E-state index in [9.17, 15) is 13.2 Å². The number of carbonyl (C=O) groups is 1. The summed E-state index contributed by atoms with van der Waals surface area (Å²) in [6.07, 6.45) is 1.10. The van der Waals surface area contributed by atoms with Gasteiger partial charge in [0.1, 0.15) is 9.75 Å². The van der Waals surface area contributed by atoms with Crippen molar-refractivity contribution in [3.05, 3.63) is 16.1 Å². The molecule has 7 heteroatoms. The Balaban J connectivity index is 2.42. The van der Waals surface area contributed by atoms with Crippen molar-refractivity contribution in [2.24, 2.45) is 0 Å². The van der Waals surface area contributed by atoms with E-state index in [0.29, 0.717) is 17.8 Å². The summed E-state index contributed by atoms with van der Waals surface area (Å²) in [5.41, 5.74) is -0.0717. The van der Waals surface area contributed by atoms with Crippen molar-refractivity contribution < 1.29 is 18.3 Å². The molecule has 2 rings (SSSR count). The van der Waals surface area contributed by atoms with Crippen LogP contribution in [0, 0.1) is 0 Å². The van der Waals surface area contributed by atoms with Gasteiger partial charge in [0, 0.05) is 11.1 Å². The molecular formula is C9H11NO4S2. The highest BCUT2D eigenvalue weighted by atomic mass is 32.2. The number of rotatable bonds is 4. The molecule has 0 aliphatic heterocycles. The lowest BCUT2D eigenvalue weighted by Crippen LogP contribution is -2.22.